The molecule has 3 heteroatoms. The van der Waals surface area contributed by atoms with Gasteiger partial charge >= 0.3 is 0 Å². The van der Waals surface area contributed by atoms with Crippen molar-refractivity contribution in [3.63, 3.8) is 0 Å². The van der Waals surface area contributed by atoms with Crippen molar-refractivity contribution in [1.29, 1.82) is 0 Å². The molecule has 0 radical (unpaired) electrons. The number of methoxy groups -OCH3 is 1. The normalized spacial score (nSPS) is 26.7. The maximum atomic E-state index is 5.78. The lowest BCUT2D eigenvalue weighted by Gasteiger charge is -2.36. The Morgan fingerprint density at radius 1 is 1.16 bits per heavy atom. The molecule has 1 saturated carbocycles. The van der Waals surface area contributed by atoms with Crippen LogP contribution in [0.3, 0.4) is 0 Å². The van der Waals surface area contributed by atoms with Gasteiger partial charge in [-0.25, -0.2) is 0 Å². The average Bonchev–Trinajstić information content (AvgIpc) is 2.40. The fraction of sp³-hybridized carbons (Fsp3) is 1.00. The van der Waals surface area contributed by atoms with E-state index in [0.717, 1.165) is 30.6 Å². The van der Waals surface area contributed by atoms with Crippen molar-refractivity contribution in [2.75, 3.05) is 7.11 Å². The van der Waals surface area contributed by atoms with E-state index in [1.807, 2.05) is 0 Å². The summed E-state index contributed by atoms with van der Waals surface area (Å²) >= 11 is 0. The van der Waals surface area contributed by atoms with Crippen molar-refractivity contribution in [1.82, 2.24) is 5.43 Å². The molecule has 0 amide bonds. The standard InChI is InChI=1S/C16H34N2O/c1-12(2)13-6-8-14(9-7-13)15(18-17)10-11-16(3,4)19-5/h12-15,18H,6-11,17H2,1-5H3. The summed E-state index contributed by atoms with van der Waals surface area (Å²) in [7, 11) is 1.79. The van der Waals surface area contributed by atoms with Crippen LogP contribution in [0.15, 0.2) is 0 Å². The highest BCUT2D eigenvalue weighted by Gasteiger charge is 2.29. The van der Waals surface area contributed by atoms with Gasteiger partial charge in [-0.2, -0.15) is 0 Å². The van der Waals surface area contributed by atoms with Crippen molar-refractivity contribution in [2.24, 2.45) is 23.6 Å². The molecule has 19 heavy (non-hydrogen) atoms. The Morgan fingerprint density at radius 3 is 2.11 bits per heavy atom. The van der Waals surface area contributed by atoms with Gasteiger partial charge in [-0.3, -0.25) is 11.3 Å². The van der Waals surface area contributed by atoms with E-state index in [2.05, 4.69) is 33.1 Å². The molecule has 1 aliphatic rings. The van der Waals surface area contributed by atoms with Gasteiger partial charge in [-0.15, -0.1) is 0 Å². The Bertz CT molecular complexity index is 245. The van der Waals surface area contributed by atoms with Crippen LogP contribution in [0, 0.1) is 17.8 Å². The summed E-state index contributed by atoms with van der Waals surface area (Å²) in [4.78, 5) is 0. The Labute approximate surface area is 119 Å². The molecule has 0 heterocycles. The second kappa shape index (κ2) is 7.61. The third-order valence-electron chi connectivity index (χ3n) is 5.15. The molecule has 0 spiro atoms. The van der Waals surface area contributed by atoms with Crippen LogP contribution >= 0.6 is 0 Å². The molecule has 0 aliphatic heterocycles. The van der Waals surface area contributed by atoms with Gasteiger partial charge in [0.05, 0.1) is 5.60 Å². The first-order valence-corrected chi connectivity index (χ1v) is 7.91. The van der Waals surface area contributed by atoms with E-state index in [0.29, 0.717) is 6.04 Å². The van der Waals surface area contributed by atoms with E-state index in [1.165, 1.54) is 25.7 Å². The third-order valence-corrected chi connectivity index (χ3v) is 5.15. The molecule has 1 unspecified atom stereocenters. The minimum atomic E-state index is -0.0375. The molecule has 1 aliphatic carbocycles. The summed E-state index contributed by atoms with van der Waals surface area (Å²) in [5, 5.41) is 0. The van der Waals surface area contributed by atoms with Gasteiger partial charge in [0, 0.05) is 13.2 Å². The number of hydrazine groups is 1. The van der Waals surface area contributed by atoms with Gasteiger partial charge < -0.3 is 4.74 Å². The molecular weight excluding hydrogens is 236 g/mol. The van der Waals surface area contributed by atoms with E-state index in [1.54, 1.807) is 7.11 Å². The smallest absolute Gasteiger partial charge is 0.0623 e. The Hall–Kier alpha value is -0.120. The molecule has 0 aromatic heterocycles. The number of hydrogen-bond acceptors (Lipinski definition) is 3. The number of hydrogen-bond donors (Lipinski definition) is 2. The topological polar surface area (TPSA) is 47.3 Å². The molecule has 3 nitrogen and oxygen atoms in total. The van der Waals surface area contributed by atoms with Gasteiger partial charge in [-0.1, -0.05) is 13.8 Å². The first-order chi connectivity index (χ1) is 8.89. The van der Waals surface area contributed by atoms with Crippen LogP contribution in [0.25, 0.3) is 0 Å². The molecule has 0 saturated heterocycles. The number of nitrogens with one attached hydrogen (secondary N) is 1. The molecule has 3 N–H and O–H groups in total. The zero-order chi connectivity index (χ0) is 14.5. The van der Waals surface area contributed by atoms with Gasteiger partial charge in [0.1, 0.15) is 0 Å². The zero-order valence-electron chi connectivity index (χ0n) is 13.5. The average molecular weight is 270 g/mol. The lowest BCUT2D eigenvalue weighted by atomic mass is 9.73. The number of rotatable bonds is 7. The molecule has 0 bridgehead atoms. The van der Waals surface area contributed by atoms with Gasteiger partial charge in [0.2, 0.25) is 0 Å². The Morgan fingerprint density at radius 2 is 1.68 bits per heavy atom. The second-order valence-electron chi connectivity index (χ2n) is 7.19. The van der Waals surface area contributed by atoms with Crippen LogP contribution in [-0.4, -0.2) is 18.8 Å². The molecule has 0 aromatic carbocycles. The van der Waals surface area contributed by atoms with Crippen molar-refractivity contribution in [3.8, 4) is 0 Å². The fourth-order valence-corrected chi connectivity index (χ4v) is 3.27. The van der Waals surface area contributed by atoms with Gasteiger partial charge in [0.25, 0.3) is 0 Å². The summed E-state index contributed by atoms with van der Waals surface area (Å²) in [6.07, 6.45) is 7.55. The highest BCUT2D eigenvalue weighted by Crippen LogP contribution is 2.36. The summed E-state index contributed by atoms with van der Waals surface area (Å²) in [5.41, 5.74) is 3.02. The van der Waals surface area contributed by atoms with Crippen LogP contribution in [0.4, 0.5) is 0 Å². The minimum Gasteiger partial charge on any atom is -0.379 e. The summed E-state index contributed by atoms with van der Waals surface area (Å²) < 4.78 is 5.50. The highest BCUT2D eigenvalue weighted by molar-refractivity contribution is 4.83. The highest BCUT2D eigenvalue weighted by atomic mass is 16.5. The second-order valence-corrected chi connectivity index (χ2v) is 7.19. The predicted octanol–water partition coefficient (Wildman–Crippen LogP) is 3.49. The van der Waals surface area contributed by atoms with Crippen molar-refractivity contribution in [3.05, 3.63) is 0 Å². The van der Waals surface area contributed by atoms with Crippen LogP contribution in [-0.2, 0) is 4.74 Å². The molecule has 1 fully saturated rings. The van der Waals surface area contributed by atoms with Crippen LogP contribution in [0.2, 0.25) is 0 Å². The molecule has 1 atom stereocenters. The third kappa shape index (κ3) is 5.41. The molecule has 114 valence electrons. The maximum absolute atomic E-state index is 5.78. The quantitative estimate of drug-likeness (QED) is 0.550. The summed E-state index contributed by atoms with van der Waals surface area (Å²) in [6, 6.07) is 0.447. The first-order valence-electron chi connectivity index (χ1n) is 7.91. The lowest BCUT2D eigenvalue weighted by molar-refractivity contribution is 0.00909. The van der Waals surface area contributed by atoms with Crippen LogP contribution in [0.5, 0.6) is 0 Å². The van der Waals surface area contributed by atoms with Gasteiger partial charge in [-0.05, 0) is 70.1 Å². The summed E-state index contributed by atoms with van der Waals surface area (Å²) in [6.45, 7) is 9.00. The van der Waals surface area contributed by atoms with Crippen LogP contribution < -0.4 is 11.3 Å². The minimum absolute atomic E-state index is 0.0375. The van der Waals surface area contributed by atoms with Crippen molar-refractivity contribution in [2.45, 2.75) is 77.9 Å². The van der Waals surface area contributed by atoms with E-state index >= 15 is 0 Å². The van der Waals surface area contributed by atoms with Gasteiger partial charge in [0.15, 0.2) is 0 Å². The predicted molar refractivity (Wildman–Crippen MR) is 81.7 cm³/mol. The maximum Gasteiger partial charge on any atom is 0.0623 e. The summed E-state index contributed by atoms with van der Waals surface area (Å²) in [5.74, 6) is 8.27. The fourth-order valence-electron chi connectivity index (χ4n) is 3.27. The van der Waals surface area contributed by atoms with Crippen molar-refractivity contribution >= 4 is 0 Å². The van der Waals surface area contributed by atoms with E-state index in [9.17, 15) is 0 Å². The van der Waals surface area contributed by atoms with E-state index < -0.39 is 0 Å². The Kier molecular flexibility index (Phi) is 6.78. The van der Waals surface area contributed by atoms with Crippen molar-refractivity contribution < 1.29 is 4.74 Å². The molecule has 0 aromatic rings. The van der Waals surface area contributed by atoms with Crippen LogP contribution in [0.1, 0.15) is 66.2 Å². The first kappa shape index (κ1) is 16.9. The monoisotopic (exact) mass is 270 g/mol. The largest absolute Gasteiger partial charge is 0.379 e. The molecule has 1 rings (SSSR count). The molecular formula is C16H34N2O. The number of ether oxygens (including phenoxy) is 1. The SMILES string of the molecule is COC(C)(C)CCC(NN)C1CCC(C(C)C)CC1. The lowest BCUT2D eigenvalue weighted by Crippen LogP contribution is -2.43. The Balaban J connectivity index is 2.40. The number of nitrogens with two attached hydrogens (primary N) is 1. The zero-order valence-corrected chi connectivity index (χ0v) is 13.5. The van der Waals surface area contributed by atoms with E-state index in [-0.39, 0.29) is 5.60 Å². The van der Waals surface area contributed by atoms with E-state index in [4.69, 9.17) is 10.6 Å².